The van der Waals surface area contributed by atoms with E-state index in [-0.39, 0.29) is 36.2 Å². The van der Waals surface area contributed by atoms with E-state index in [0.717, 1.165) is 0 Å². The second-order valence-corrected chi connectivity index (χ2v) is 8.69. The minimum absolute atomic E-state index is 0.0440. The van der Waals surface area contributed by atoms with Gasteiger partial charge in [-0.15, -0.1) is 0 Å². The van der Waals surface area contributed by atoms with Crippen LogP contribution in [0.5, 0.6) is 5.75 Å². The predicted molar refractivity (Wildman–Crippen MR) is 99.5 cm³/mol. The number of benzene rings is 1. The van der Waals surface area contributed by atoms with Gasteiger partial charge < -0.3 is 29.6 Å². The molecule has 0 fully saturated rings. The summed E-state index contributed by atoms with van der Waals surface area (Å²) in [6, 6.07) is 7.77. The summed E-state index contributed by atoms with van der Waals surface area (Å²) in [6.07, 6.45) is -0.00551. The van der Waals surface area contributed by atoms with Crippen LogP contribution in [0.3, 0.4) is 0 Å². The van der Waals surface area contributed by atoms with E-state index in [1.807, 2.05) is 6.92 Å². The Morgan fingerprint density at radius 2 is 2.11 bits per heavy atom. The first-order chi connectivity index (χ1) is 12.7. The molecule has 2 rings (SSSR count). The molecule has 0 spiro atoms. The minimum atomic E-state index is -3.58. The lowest BCUT2D eigenvalue weighted by Crippen LogP contribution is -2.31. The molecule has 1 aromatic carbocycles. The van der Waals surface area contributed by atoms with Crippen LogP contribution in [0.2, 0.25) is 0 Å². The molecule has 27 heavy (non-hydrogen) atoms. The summed E-state index contributed by atoms with van der Waals surface area (Å²) in [6.45, 7) is 1.89. The first-order valence-electron chi connectivity index (χ1n) is 8.37. The largest absolute Gasteiger partial charge is 0.496 e. The zero-order valence-electron chi connectivity index (χ0n) is 15.2. The second-order valence-electron chi connectivity index (χ2n) is 6.31. The number of hydrogen-bond acceptors (Lipinski definition) is 6. The molecule has 0 aliphatic heterocycles. The van der Waals surface area contributed by atoms with Crippen LogP contribution in [-0.4, -0.2) is 47.0 Å². The molecule has 0 radical (unpaired) electrons. The third-order valence-corrected chi connectivity index (χ3v) is 5.89. The van der Waals surface area contributed by atoms with Crippen LogP contribution in [-0.2, 0) is 10.7 Å². The fourth-order valence-corrected chi connectivity index (χ4v) is 4.28. The summed E-state index contributed by atoms with van der Waals surface area (Å²) >= 11 is 0. The number of aliphatic hydroxyl groups is 1. The molecule has 148 valence electrons. The molecule has 3 atom stereocenters. The molecule has 2 unspecified atom stereocenters. The fraction of sp³-hybridized carbons (Fsp3) is 0.389. The summed E-state index contributed by atoms with van der Waals surface area (Å²) in [5.41, 5.74) is 0.741. The molecule has 2 aromatic rings. The van der Waals surface area contributed by atoms with Crippen LogP contribution in [0, 0.1) is 0 Å². The summed E-state index contributed by atoms with van der Waals surface area (Å²) in [7, 11) is -2.18. The predicted octanol–water partition coefficient (Wildman–Crippen LogP) is 2.47. The highest BCUT2D eigenvalue weighted by atomic mass is 31.2. The number of carboxylic acid groups (broad SMARTS) is 1. The van der Waals surface area contributed by atoms with Crippen molar-refractivity contribution in [2.75, 3.05) is 19.8 Å². The van der Waals surface area contributed by atoms with Gasteiger partial charge in [-0.05, 0) is 36.8 Å². The third kappa shape index (κ3) is 6.22. The Bertz CT molecular complexity index is 806. The number of carboxylic acids is 1. The maximum atomic E-state index is 12.2. The van der Waals surface area contributed by atoms with Crippen molar-refractivity contribution < 1.29 is 33.6 Å². The van der Waals surface area contributed by atoms with Crippen molar-refractivity contribution in [3.05, 3.63) is 53.5 Å². The van der Waals surface area contributed by atoms with Crippen molar-refractivity contribution in [1.29, 1.82) is 0 Å². The minimum Gasteiger partial charge on any atom is -0.496 e. The maximum absolute atomic E-state index is 12.2. The Kier molecular flexibility index (Phi) is 7.21. The molecule has 0 saturated carbocycles. The van der Waals surface area contributed by atoms with Crippen molar-refractivity contribution in [1.82, 2.24) is 5.32 Å². The van der Waals surface area contributed by atoms with Gasteiger partial charge in [0.25, 0.3) is 0 Å². The highest BCUT2D eigenvalue weighted by molar-refractivity contribution is 7.57. The smallest absolute Gasteiger partial charge is 0.339 e. The number of carbonyl (C=O) groups is 1. The summed E-state index contributed by atoms with van der Waals surface area (Å²) < 4.78 is 22.3. The SMILES string of the molecule is COc1ccc(C(C)NC[C@H](O)CP(=O)(O)Cc2ccco2)cc1C(=O)O. The number of methoxy groups -OCH3 is 1. The van der Waals surface area contributed by atoms with Crippen molar-refractivity contribution in [3.8, 4) is 5.75 Å². The number of aliphatic hydroxyl groups excluding tert-OH is 1. The van der Waals surface area contributed by atoms with E-state index >= 15 is 0 Å². The average Bonchev–Trinajstić information content (AvgIpc) is 3.10. The van der Waals surface area contributed by atoms with Crippen LogP contribution < -0.4 is 10.1 Å². The van der Waals surface area contributed by atoms with Crippen molar-refractivity contribution >= 4 is 13.3 Å². The molecule has 0 amide bonds. The lowest BCUT2D eigenvalue weighted by Gasteiger charge is -2.20. The first kappa shape index (κ1) is 21.2. The van der Waals surface area contributed by atoms with Crippen LogP contribution in [0.4, 0.5) is 0 Å². The van der Waals surface area contributed by atoms with Crippen LogP contribution >= 0.6 is 7.37 Å². The van der Waals surface area contributed by atoms with Gasteiger partial charge in [-0.1, -0.05) is 6.07 Å². The van der Waals surface area contributed by atoms with E-state index < -0.39 is 19.4 Å². The molecule has 8 nitrogen and oxygen atoms in total. The Balaban J connectivity index is 1.92. The average molecular weight is 397 g/mol. The lowest BCUT2D eigenvalue weighted by molar-refractivity contribution is 0.0693. The van der Waals surface area contributed by atoms with Crippen molar-refractivity contribution in [2.24, 2.45) is 0 Å². The molecule has 0 aliphatic rings. The Morgan fingerprint density at radius 3 is 2.70 bits per heavy atom. The molecule has 0 saturated heterocycles. The van der Waals surface area contributed by atoms with Gasteiger partial charge in [0, 0.05) is 12.6 Å². The van der Waals surface area contributed by atoms with E-state index in [2.05, 4.69) is 5.32 Å². The number of furan rings is 1. The van der Waals surface area contributed by atoms with E-state index in [0.29, 0.717) is 11.3 Å². The van der Waals surface area contributed by atoms with E-state index in [9.17, 15) is 24.5 Å². The summed E-state index contributed by atoms with van der Waals surface area (Å²) in [5, 5.41) is 22.4. The molecule has 9 heteroatoms. The van der Waals surface area contributed by atoms with Crippen LogP contribution in [0.25, 0.3) is 0 Å². The number of nitrogens with one attached hydrogen (secondary N) is 1. The quantitative estimate of drug-likeness (QED) is 0.450. The van der Waals surface area contributed by atoms with Gasteiger partial charge in [0.15, 0.2) is 0 Å². The van der Waals surface area contributed by atoms with E-state index in [1.165, 1.54) is 19.4 Å². The molecular weight excluding hydrogens is 373 g/mol. The van der Waals surface area contributed by atoms with Crippen LogP contribution in [0.1, 0.15) is 34.6 Å². The Hall–Kier alpha value is -2.12. The summed E-state index contributed by atoms with van der Waals surface area (Å²) in [5.74, 6) is -0.438. The number of aromatic carboxylic acids is 1. The topological polar surface area (TPSA) is 129 Å². The highest BCUT2D eigenvalue weighted by Gasteiger charge is 2.25. The molecular formula is C18H24NO7P. The van der Waals surface area contributed by atoms with Gasteiger partial charge in [-0.25, -0.2) is 4.79 Å². The number of hydrogen-bond donors (Lipinski definition) is 4. The lowest BCUT2D eigenvalue weighted by atomic mass is 10.0. The summed E-state index contributed by atoms with van der Waals surface area (Å²) in [4.78, 5) is 21.3. The van der Waals surface area contributed by atoms with Crippen molar-refractivity contribution in [3.63, 3.8) is 0 Å². The third-order valence-electron chi connectivity index (χ3n) is 4.09. The normalized spacial score (nSPS) is 15.7. The molecule has 4 N–H and O–H groups in total. The first-order valence-corrected chi connectivity index (χ1v) is 10.4. The Morgan fingerprint density at radius 1 is 1.37 bits per heavy atom. The van der Waals surface area contributed by atoms with Gasteiger partial charge in [-0.3, -0.25) is 4.57 Å². The Labute approximate surface area is 157 Å². The molecule has 0 bridgehead atoms. The van der Waals surface area contributed by atoms with Gasteiger partial charge in [0.1, 0.15) is 17.1 Å². The highest BCUT2D eigenvalue weighted by Crippen LogP contribution is 2.45. The van der Waals surface area contributed by atoms with Gasteiger partial charge in [-0.2, -0.15) is 0 Å². The molecule has 1 heterocycles. The van der Waals surface area contributed by atoms with E-state index in [1.54, 1.807) is 24.3 Å². The molecule has 1 aromatic heterocycles. The van der Waals surface area contributed by atoms with Crippen LogP contribution in [0.15, 0.2) is 41.0 Å². The molecule has 0 aliphatic carbocycles. The monoisotopic (exact) mass is 397 g/mol. The number of ether oxygens (including phenoxy) is 1. The second kappa shape index (κ2) is 9.19. The van der Waals surface area contributed by atoms with Crippen molar-refractivity contribution in [2.45, 2.75) is 25.2 Å². The van der Waals surface area contributed by atoms with E-state index in [4.69, 9.17) is 9.15 Å². The van der Waals surface area contributed by atoms with Gasteiger partial charge in [0.05, 0.1) is 31.8 Å². The standard InChI is InChI=1S/C18H24NO7P/c1-12(13-5-6-17(25-2)16(8-13)18(21)22)19-9-14(20)10-27(23,24)11-15-4-3-7-26-15/h3-8,12,14,19-20H,9-11H2,1-2H3,(H,21,22)(H,23,24)/t12?,14-/m0/s1. The van der Waals surface area contributed by atoms with Gasteiger partial charge in [0.2, 0.25) is 7.37 Å². The zero-order chi connectivity index (χ0) is 20.0. The fourth-order valence-electron chi connectivity index (χ4n) is 2.70. The number of rotatable bonds is 10. The maximum Gasteiger partial charge on any atom is 0.339 e. The van der Waals surface area contributed by atoms with Gasteiger partial charge >= 0.3 is 5.97 Å². The zero-order valence-corrected chi connectivity index (χ0v) is 16.1.